The fourth-order valence-corrected chi connectivity index (χ4v) is 4.13. The second-order valence-electron chi connectivity index (χ2n) is 6.26. The summed E-state index contributed by atoms with van der Waals surface area (Å²) in [5.74, 6) is 0.356. The molecule has 9 heteroatoms. The molecule has 3 aromatic rings. The highest BCUT2D eigenvalue weighted by molar-refractivity contribution is 7.99. The van der Waals surface area contributed by atoms with E-state index in [-0.39, 0.29) is 28.3 Å². The average Bonchev–Trinajstić information content (AvgIpc) is 3.00. The summed E-state index contributed by atoms with van der Waals surface area (Å²) in [6.07, 6.45) is 2.00. The van der Waals surface area contributed by atoms with Gasteiger partial charge in [0.2, 0.25) is 0 Å². The molecule has 2 aromatic heterocycles. The topological polar surface area (TPSA) is 61.8 Å². The Kier molecular flexibility index (Phi) is 5.76. The Bertz CT molecular complexity index is 1100. The van der Waals surface area contributed by atoms with Crippen molar-refractivity contribution in [3.63, 3.8) is 0 Å². The summed E-state index contributed by atoms with van der Waals surface area (Å²) in [7, 11) is 2.99. The van der Waals surface area contributed by atoms with Gasteiger partial charge < -0.3 is 4.57 Å². The largest absolute Gasteiger partial charge is 0.332 e. The van der Waals surface area contributed by atoms with Gasteiger partial charge in [-0.3, -0.25) is 13.9 Å². The molecule has 6 nitrogen and oxygen atoms in total. The molecule has 27 heavy (non-hydrogen) atoms. The summed E-state index contributed by atoms with van der Waals surface area (Å²) in [6.45, 7) is 2.14. The average molecular weight is 411 g/mol. The van der Waals surface area contributed by atoms with Crippen LogP contribution in [-0.4, -0.2) is 24.4 Å². The highest BCUT2D eigenvalue weighted by Crippen LogP contribution is 2.27. The summed E-state index contributed by atoms with van der Waals surface area (Å²) in [5, 5.41) is 0.846. The van der Waals surface area contributed by atoms with Crippen LogP contribution in [0.4, 0.5) is 4.39 Å². The molecule has 0 fully saturated rings. The van der Waals surface area contributed by atoms with Crippen molar-refractivity contribution in [3.05, 3.63) is 55.4 Å². The van der Waals surface area contributed by atoms with E-state index < -0.39 is 17.1 Å². The highest BCUT2D eigenvalue weighted by Gasteiger charge is 2.21. The minimum Gasteiger partial charge on any atom is -0.308 e. The zero-order chi connectivity index (χ0) is 19.7. The van der Waals surface area contributed by atoms with E-state index in [1.54, 1.807) is 17.7 Å². The number of thioether (sulfide) groups is 1. The molecular weight excluding hydrogens is 391 g/mol. The maximum absolute atomic E-state index is 14.3. The summed E-state index contributed by atoms with van der Waals surface area (Å²) in [4.78, 5) is 29.5. The van der Waals surface area contributed by atoms with Crippen LogP contribution < -0.4 is 11.2 Å². The second-order valence-corrected chi connectivity index (χ2v) is 7.73. The van der Waals surface area contributed by atoms with Crippen LogP contribution in [0.1, 0.15) is 25.3 Å². The third-order valence-corrected chi connectivity index (χ3v) is 5.84. The van der Waals surface area contributed by atoms with E-state index in [1.807, 2.05) is 0 Å². The number of aryl methyl sites for hydroxylation is 1. The molecule has 0 atom stereocenters. The Morgan fingerprint density at radius 1 is 1.22 bits per heavy atom. The Morgan fingerprint density at radius 3 is 2.63 bits per heavy atom. The van der Waals surface area contributed by atoms with Crippen molar-refractivity contribution < 1.29 is 4.39 Å². The molecule has 0 aliphatic carbocycles. The minimum atomic E-state index is -0.463. The van der Waals surface area contributed by atoms with E-state index in [4.69, 9.17) is 11.6 Å². The van der Waals surface area contributed by atoms with Crippen LogP contribution in [0.15, 0.2) is 32.9 Å². The Morgan fingerprint density at radius 2 is 1.96 bits per heavy atom. The minimum absolute atomic E-state index is 0.0594. The number of imidazole rings is 1. The highest BCUT2D eigenvalue weighted by atomic mass is 35.5. The van der Waals surface area contributed by atoms with Gasteiger partial charge in [-0.05, 0) is 18.6 Å². The number of unbranched alkanes of at least 4 members (excludes halogenated alkanes) is 1. The van der Waals surface area contributed by atoms with Gasteiger partial charge in [-0.25, -0.2) is 14.2 Å². The molecule has 0 N–H and O–H groups in total. The lowest BCUT2D eigenvalue weighted by atomic mass is 10.2. The van der Waals surface area contributed by atoms with Gasteiger partial charge >= 0.3 is 5.69 Å². The standard InChI is InChI=1S/C18H20ClFN4O2S/c1-4-5-9-27-17-21-15-14(16(25)23(3)18(26)22(15)2)24(17)10-11-12(19)7-6-8-13(11)20/h6-8H,4-5,9-10H2,1-3H3. The number of hydrogen-bond donors (Lipinski definition) is 0. The van der Waals surface area contributed by atoms with Crippen molar-refractivity contribution in [2.45, 2.75) is 31.5 Å². The van der Waals surface area contributed by atoms with Gasteiger partial charge in [0.1, 0.15) is 5.82 Å². The second kappa shape index (κ2) is 7.90. The predicted octanol–water partition coefficient (Wildman–Crippen LogP) is 3.17. The van der Waals surface area contributed by atoms with Crippen LogP contribution in [0.25, 0.3) is 11.2 Å². The van der Waals surface area contributed by atoms with Gasteiger partial charge in [0, 0.05) is 30.4 Å². The normalized spacial score (nSPS) is 11.4. The number of halogens is 2. The molecule has 0 spiro atoms. The summed E-state index contributed by atoms with van der Waals surface area (Å²) >= 11 is 7.67. The molecule has 3 rings (SSSR count). The molecule has 0 amide bonds. The van der Waals surface area contributed by atoms with Gasteiger partial charge in [-0.1, -0.05) is 42.8 Å². The molecule has 0 aliphatic heterocycles. The number of nitrogens with zero attached hydrogens (tertiary/aromatic N) is 4. The predicted molar refractivity (Wildman–Crippen MR) is 106 cm³/mol. The van der Waals surface area contributed by atoms with E-state index in [2.05, 4.69) is 11.9 Å². The lowest BCUT2D eigenvalue weighted by Gasteiger charge is -2.11. The number of hydrogen-bond acceptors (Lipinski definition) is 4. The molecule has 0 saturated heterocycles. The maximum atomic E-state index is 14.3. The van der Waals surface area contributed by atoms with Gasteiger partial charge in [0.15, 0.2) is 16.3 Å². The zero-order valence-corrected chi connectivity index (χ0v) is 16.9. The number of aromatic nitrogens is 4. The quantitative estimate of drug-likeness (QED) is 0.462. The smallest absolute Gasteiger partial charge is 0.308 e. The summed E-state index contributed by atoms with van der Waals surface area (Å²) < 4.78 is 18.4. The molecule has 2 heterocycles. The van der Waals surface area contributed by atoms with Crippen molar-refractivity contribution in [3.8, 4) is 0 Å². The van der Waals surface area contributed by atoms with Crippen LogP contribution in [0, 0.1) is 5.82 Å². The Hall–Kier alpha value is -2.06. The van der Waals surface area contributed by atoms with E-state index in [1.165, 1.54) is 35.5 Å². The lowest BCUT2D eigenvalue weighted by Crippen LogP contribution is -2.37. The molecule has 0 aliphatic rings. The van der Waals surface area contributed by atoms with Crippen molar-refractivity contribution >= 4 is 34.5 Å². The Labute approximate surface area is 164 Å². The SMILES string of the molecule is CCCCSc1nc2c(c(=O)n(C)c(=O)n2C)n1Cc1c(F)cccc1Cl. The molecule has 0 unspecified atom stereocenters. The molecule has 1 aromatic carbocycles. The first-order valence-corrected chi connectivity index (χ1v) is 9.95. The number of fused-ring (bicyclic) bond motifs is 1. The van der Waals surface area contributed by atoms with E-state index in [0.29, 0.717) is 5.16 Å². The van der Waals surface area contributed by atoms with Crippen LogP contribution in [0.2, 0.25) is 5.02 Å². The monoisotopic (exact) mass is 410 g/mol. The maximum Gasteiger partial charge on any atom is 0.332 e. The van der Waals surface area contributed by atoms with Gasteiger partial charge in [0.05, 0.1) is 6.54 Å². The Balaban J connectivity index is 2.26. The van der Waals surface area contributed by atoms with Crippen LogP contribution in [-0.2, 0) is 20.6 Å². The third-order valence-electron chi connectivity index (χ3n) is 4.42. The van der Waals surface area contributed by atoms with Crippen molar-refractivity contribution in [2.75, 3.05) is 5.75 Å². The van der Waals surface area contributed by atoms with Crippen LogP contribution in [0.5, 0.6) is 0 Å². The molecule has 0 bridgehead atoms. The molecule has 144 valence electrons. The fraction of sp³-hybridized carbons (Fsp3) is 0.389. The van der Waals surface area contributed by atoms with Crippen molar-refractivity contribution in [2.24, 2.45) is 14.1 Å². The third kappa shape index (κ3) is 3.55. The zero-order valence-electron chi connectivity index (χ0n) is 15.3. The van der Waals surface area contributed by atoms with Crippen molar-refractivity contribution in [1.29, 1.82) is 0 Å². The molecule has 0 saturated carbocycles. The first kappa shape index (κ1) is 19.7. The summed E-state index contributed by atoms with van der Waals surface area (Å²) in [6, 6.07) is 4.47. The van der Waals surface area contributed by atoms with E-state index in [9.17, 15) is 14.0 Å². The number of benzene rings is 1. The molecular formula is C18H20ClFN4O2S. The van der Waals surface area contributed by atoms with Gasteiger partial charge in [0.25, 0.3) is 5.56 Å². The van der Waals surface area contributed by atoms with Gasteiger partial charge in [-0.15, -0.1) is 0 Å². The fourth-order valence-electron chi connectivity index (χ4n) is 2.83. The van der Waals surface area contributed by atoms with Gasteiger partial charge in [-0.2, -0.15) is 0 Å². The first-order chi connectivity index (χ1) is 12.9. The van der Waals surface area contributed by atoms with Crippen LogP contribution >= 0.6 is 23.4 Å². The lowest BCUT2D eigenvalue weighted by molar-refractivity contribution is 0.593. The first-order valence-electron chi connectivity index (χ1n) is 8.58. The van der Waals surface area contributed by atoms with E-state index in [0.717, 1.165) is 23.2 Å². The van der Waals surface area contributed by atoms with Crippen LogP contribution in [0.3, 0.4) is 0 Å². The van der Waals surface area contributed by atoms with Crippen molar-refractivity contribution in [1.82, 2.24) is 18.7 Å². The molecule has 0 radical (unpaired) electrons. The number of rotatable bonds is 6. The summed E-state index contributed by atoms with van der Waals surface area (Å²) in [5.41, 5.74) is -0.0826. The van der Waals surface area contributed by atoms with E-state index >= 15 is 0 Å².